The SMILES string of the molecule is COC(=O)C=CC(=O)c1cccc2ccccc12. The maximum absolute atomic E-state index is 12.0. The Morgan fingerprint density at radius 1 is 1.00 bits per heavy atom. The first-order valence-electron chi connectivity index (χ1n) is 5.50. The Hall–Kier alpha value is -2.42. The smallest absolute Gasteiger partial charge is 0.330 e. The zero-order valence-electron chi connectivity index (χ0n) is 9.92. The summed E-state index contributed by atoms with van der Waals surface area (Å²) in [7, 11) is 1.27. The highest BCUT2D eigenvalue weighted by molar-refractivity contribution is 6.14. The molecule has 0 radical (unpaired) electrons. The quantitative estimate of drug-likeness (QED) is 0.470. The average molecular weight is 240 g/mol. The predicted octanol–water partition coefficient (Wildman–Crippen LogP) is 2.75. The molecule has 2 aromatic carbocycles. The molecule has 0 atom stereocenters. The van der Waals surface area contributed by atoms with Crippen LogP contribution in [0, 0.1) is 0 Å². The number of ether oxygens (including phenoxy) is 1. The fraction of sp³-hybridized carbons (Fsp3) is 0.0667. The number of hydrogen-bond donors (Lipinski definition) is 0. The summed E-state index contributed by atoms with van der Waals surface area (Å²) < 4.78 is 4.45. The molecule has 3 nitrogen and oxygen atoms in total. The summed E-state index contributed by atoms with van der Waals surface area (Å²) >= 11 is 0. The van der Waals surface area contributed by atoms with Crippen LogP contribution in [0.15, 0.2) is 54.6 Å². The van der Waals surface area contributed by atoms with Crippen molar-refractivity contribution in [2.45, 2.75) is 0 Å². The van der Waals surface area contributed by atoms with E-state index in [0.29, 0.717) is 5.56 Å². The van der Waals surface area contributed by atoms with Crippen molar-refractivity contribution >= 4 is 22.5 Å². The largest absolute Gasteiger partial charge is 0.466 e. The summed E-state index contributed by atoms with van der Waals surface area (Å²) in [5.74, 6) is -0.749. The van der Waals surface area contributed by atoms with Crippen LogP contribution in [0.1, 0.15) is 10.4 Å². The van der Waals surface area contributed by atoms with E-state index >= 15 is 0 Å². The zero-order chi connectivity index (χ0) is 13.0. The number of esters is 1. The van der Waals surface area contributed by atoms with Gasteiger partial charge < -0.3 is 4.74 Å². The molecular weight excluding hydrogens is 228 g/mol. The molecule has 90 valence electrons. The molecule has 0 aromatic heterocycles. The Labute approximate surface area is 105 Å². The highest BCUT2D eigenvalue weighted by Gasteiger charge is 2.06. The first-order chi connectivity index (χ1) is 8.72. The van der Waals surface area contributed by atoms with Crippen LogP contribution in [0.4, 0.5) is 0 Å². The van der Waals surface area contributed by atoms with Crippen molar-refractivity contribution in [2.24, 2.45) is 0 Å². The number of carbonyl (C=O) groups excluding carboxylic acids is 2. The molecule has 0 unspecified atom stereocenters. The lowest BCUT2D eigenvalue weighted by atomic mass is 10.0. The number of ketones is 1. The van der Waals surface area contributed by atoms with Crippen LogP contribution in [-0.2, 0) is 9.53 Å². The van der Waals surface area contributed by atoms with E-state index in [4.69, 9.17) is 0 Å². The lowest BCUT2D eigenvalue weighted by Crippen LogP contribution is -1.99. The van der Waals surface area contributed by atoms with Gasteiger partial charge in [0.2, 0.25) is 0 Å². The monoisotopic (exact) mass is 240 g/mol. The van der Waals surface area contributed by atoms with Crippen molar-refractivity contribution in [3.63, 3.8) is 0 Å². The van der Waals surface area contributed by atoms with Gasteiger partial charge in [-0.05, 0) is 16.8 Å². The summed E-state index contributed by atoms with van der Waals surface area (Å²) in [5, 5.41) is 1.87. The molecule has 0 N–H and O–H groups in total. The van der Waals surface area contributed by atoms with Crippen LogP contribution in [0.25, 0.3) is 10.8 Å². The molecule has 2 aromatic rings. The Kier molecular flexibility index (Phi) is 3.53. The molecule has 0 amide bonds. The number of fused-ring (bicyclic) bond motifs is 1. The molecule has 0 fully saturated rings. The maximum Gasteiger partial charge on any atom is 0.330 e. The van der Waals surface area contributed by atoms with Gasteiger partial charge in [0.05, 0.1) is 7.11 Å². The summed E-state index contributed by atoms with van der Waals surface area (Å²) in [6.45, 7) is 0. The van der Waals surface area contributed by atoms with Gasteiger partial charge in [0.25, 0.3) is 0 Å². The number of methoxy groups -OCH3 is 1. The van der Waals surface area contributed by atoms with Crippen LogP contribution >= 0.6 is 0 Å². The van der Waals surface area contributed by atoms with Crippen LogP contribution in [0.5, 0.6) is 0 Å². The molecule has 0 spiro atoms. The number of rotatable bonds is 3. The second-order valence-corrected chi connectivity index (χ2v) is 3.75. The molecule has 3 heteroatoms. The highest BCUT2D eigenvalue weighted by Crippen LogP contribution is 2.19. The van der Waals surface area contributed by atoms with Crippen LogP contribution in [0.2, 0.25) is 0 Å². The van der Waals surface area contributed by atoms with Crippen molar-refractivity contribution in [3.8, 4) is 0 Å². The van der Waals surface area contributed by atoms with Crippen LogP contribution in [0.3, 0.4) is 0 Å². The number of benzene rings is 2. The van der Waals surface area contributed by atoms with E-state index in [0.717, 1.165) is 16.8 Å². The van der Waals surface area contributed by atoms with E-state index < -0.39 is 5.97 Å². The molecular formula is C15H12O3. The lowest BCUT2D eigenvalue weighted by molar-refractivity contribution is -0.134. The molecule has 2 rings (SSSR count). The van der Waals surface area contributed by atoms with Crippen LogP contribution in [-0.4, -0.2) is 18.9 Å². The maximum atomic E-state index is 12.0. The summed E-state index contributed by atoms with van der Waals surface area (Å²) in [6.07, 6.45) is 2.36. The average Bonchev–Trinajstić information content (AvgIpc) is 2.43. The molecule has 0 bridgehead atoms. The molecule has 18 heavy (non-hydrogen) atoms. The molecule has 0 saturated carbocycles. The Morgan fingerprint density at radius 2 is 1.72 bits per heavy atom. The predicted molar refractivity (Wildman–Crippen MR) is 69.4 cm³/mol. The Balaban J connectivity index is 2.39. The third-order valence-electron chi connectivity index (χ3n) is 2.63. The number of allylic oxidation sites excluding steroid dienone is 1. The summed E-state index contributed by atoms with van der Waals surface area (Å²) in [4.78, 5) is 22.9. The second kappa shape index (κ2) is 5.27. The van der Waals surface area contributed by atoms with Gasteiger partial charge in [-0.15, -0.1) is 0 Å². The molecule has 0 aliphatic carbocycles. The minimum atomic E-state index is -0.538. The third kappa shape index (κ3) is 2.46. The summed E-state index contributed by atoms with van der Waals surface area (Å²) in [5.41, 5.74) is 0.577. The zero-order valence-corrected chi connectivity index (χ0v) is 9.92. The van der Waals surface area contributed by atoms with Crippen molar-refractivity contribution in [1.29, 1.82) is 0 Å². The third-order valence-corrected chi connectivity index (χ3v) is 2.63. The van der Waals surface area contributed by atoms with Gasteiger partial charge in [0, 0.05) is 11.6 Å². The van der Waals surface area contributed by atoms with Gasteiger partial charge in [-0.3, -0.25) is 4.79 Å². The normalized spacial score (nSPS) is 10.7. The van der Waals surface area contributed by atoms with E-state index in [1.807, 2.05) is 36.4 Å². The minimum Gasteiger partial charge on any atom is -0.466 e. The van der Waals surface area contributed by atoms with E-state index in [1.165, 1.54) is 13.2 Å². The van der Waals surface area contributed by atoms with E-state index in [-0.39, 0.29) is 5.78 Å². The fourth-order valence-electron chi connectivity index (χ4n) is 1.74. The van der Waals surface area contributed by atoms with Gasteiger partial charge in [-0.2, -0.15) is 0 Å². The number of carbonyl (C=O) groups is 2. The molecule has 0 aliphatic heterocycles. The van der Waals surface area contributed by atoms with Gasteiger partial charge in [0.1, 0.15) is 0 Å². The highest BCUT2D eigenvalue weighted by atomic mass is 16.5. The van der Waals surface area contributed by atoms with Gasteiger partial charge in [0.15, 0.2) is 5.78 Å². The molecule has 0 heterocycles. The summed E-state index contributed by atoms with van der Waals surface area (Å²) in [6, 6.07) is 13.1. The van der Waals surface area contributed by atoms with E-state index in [1.54, 1.807) is 6.07 Å². The first-order valence-corrected chi connectivity index (χ1v) is 5.50. The fourth-order valence-corrected chi connectivity index (χ4v) is 1.74. The van der Waals surface area contributed by atoms with E-state index in [9.17, 15) is 9.59 Å². The molecule has 0 saturated heterocycles. The van der Waals surface area contributed by atoms with Gasteiger partial charge >= 0.3 is 5.97 Å². The standard InChI is InChI=1S/C15H12O3/c1-18-15(17)10-9-14(16)13-8-4-6-11-5-2-3-7-12(11)13/h2-10H,1H3. The van der Waals surface area contributed by atoms with Crippen molar-refractivity contribution < 1.29 is 14.3 Å². The van der Waals surface area contributed by atoms with Crippen molar-refractivity contribution in [1.82, 2.24) is 0 Å². The molecule has 0 aliphatic rings. The van der Waals surface area contributed by atoms with E-state index in [2.05, 4.69) is 4.74 Å². The lowest BCUT2D eigenvalue weighted by Gasteiger charge is -2.02. The topological polar surface area (TPSA) is 43.4 Å². The Morgan fingerprint density at radius 3 is 2.50 bits per heavy atom. The minimum absolute atomic E-state index is 0.211. The van der Waals surface area contributed by atoms with Gasteiger partial charge in [-0.1, -0.05) is 42.5 Å². The van der Waals surface area contributed by atoms with Crippen LogP contribution < -0.4 is 0 Å². The van der Waals surface area contributed by atoms with Crippen molar-refractivity contribution in [3.05, 3.63) is 60.2 Å². The number of hydrogen-bond acceptors (Lipinski definition) is 3. The van der Waals surface area contributed by atoms with Gasteiger partial charge in [-0.25, -0.2) is 4.79 Å². The first kappa shape index (κ1) is 12.0. The second-order valence-electron chi connectivity index (χ2n) is 3.75. The van der Waals surface area contributed by atoms with Crippen molar-refractivity contribution in [2.75, 3.05) is 7.11 Å². The Bertz CT molecular complexity index is 621.